The first-order valence-corrected chi connectivity index (χ1v) is 9.69. The molecule has 3 unspecified atom stereocenters. The molecule has 5 aliphatic rings. The molecule has 0 aromatic carbocycles. The van der Waals surface area contributed by atoms with Crippen LogP contribution < -0.4 is 5.32 Å². The van der Waals surface area contributed by atoms with Crippen molar-refractivity contribution in [3.05, 3.63) is 0 Å². The van der Waals surface area contributed by atoms with Gasteiger partial charge < -0.3 is 10.2 Å². The molecule has 2 saturated carbocycles. The number of rotatable bonds is 3. The number of nitrogens with zero attached hydrogens (tertiary/aromatic N) is 1. The average molecular weight is 341 g/mol. The third-order valence-electron chi connectivity index (χ3n) is 7.11. The maximum Gasteiger partial charge on any atom is 0.223 e. The summed E-state index contributed by atoms with van der Waals surface area (Å²) in [5.41, 5.74) is 0. The zero-order chi connectivity index (χ0) is 15.1. The summed E-state index contributed by atoms with van der Waals surface area (Å²) in [6, 6.07) is 0.587. The molecule has 5 rings (SSSR count). The van der Waals surface area contributed by atoms with Crippen LogP contribution >= 0.6 is 12.4 Å². The van der Waals surface area contributed by atoms with Crippen molar-refractivity contribution < 1.29 is 4.79 Å². The second-order valence-corrected chi connectivity index (χ2v) is 8.75. The van der Waals surface area contributed by atoms with Crippen LogP contribution in [0, 0.1) is 29.6 Å². The first-order chi connectivity index (χ1) is 10.7. The zero-order valence-corrected chi connectivity index (χ0v) is 15.3. The van der Waals surface area contributed by atoms with Crippen LogP contribution in [0.5, 0.6) is 0 Å². The molecule has 132 valence electrons. The number of carbonyl (C=O) groups is 1. The molecule has 0 spiro atoms. The van der Waals surface area contributed by atoms with E-state index < -0.39 is 0 Å². The van der Waals surface area contributed by atoms with E-state index in [9.17, 15) is 4.79 Å². The van der Waals surface area contributed by atoms with Crippen LogP contribution in [0.2, 0.25) is 0 Å². The molecule has 3 saturated heterocycles. The largest absolute Gasteiger partial charge is 0.339 e. The molecule has 3 heterocycles. The molecule has 4 bridgehead atoms. The minimum atomic E-state index is 0. The molecule has 3 aliphatic heterocycles. The van der Waals surface area contributed by atoms with Crippen LogP contribution in [0.1, 0.15) is 58.3 Å². The van der Waals surface area contributed by atoms with Gasteiger partial charge in [-0.2, -0.15) is 0 Å². The maximum absolute atomic E-state index is 13.0. The van der Waals surface area contributed by atoms with Gasteiger partial charge in [-0.25, -0.2) is 0 Å². The highest BCUT2D eigenvalue weighted by atomic mass is 35.5. The monoisotopic (exact) mass is 340 g/mol. The maximum atomic E-state index is 13.0. The van der Waals surface area contributed by atoms with Crippen molar-refractivity contribution in [3.8, 4) is 0 Å². The lowest BCUT2D eigenvalue weighted by molar-refractivity contribution is -0.135. The third-order valence-corrected chi connectivity index (χ3v) is 7.11. The van der Waals surface area contributed by atoms with Gasteiger partial charge in [0.1, 0.15) is 0 Å². The summed E-state index contributed by atoms with van der Waals surface area (Å²) in [5, 5.41) is 3.44. The number of amides is 1. The SMILES string of the molecule is CC(CC(=O)N1CC2CC3CC(C2)CC1C3)C1CCNCC1.Cl. The highest BCUT2D eigenvalue weighted by Gasteiger charge is 2.44. The van der Waals surface area contributed by atoms with Crippen molar-refractivity contribution in [2.75, 3.05) is 19.6 Å². The van der Waals surface area contributed by atoms with Crippen LogP contribution in [0.4, 0.5) is 0 Å². The third kappa shape index (κ3) is 3.71. The number of carbonyl (C=O) groups excluding carboxylic acids is 1. The van der Waals surface area contributed by atoms with Crippen molar-refractivity contribution in [1.29, 1.82) is 0 Å². The van der Waals surface area contributed by atoms with Crippen molar-refractivity contribution >= 4 is 18.3 Å². The molecule has 0 aromatic rings. The van der Waals surface area contributed by atoms with E-state index in [1.165, 1.54) is 44.9 Å². The molecule has 1 N–H and O–H groups in total. The van der Waals surface area contributed by atoms with E-state index in [-0.39, 0.29) is 12.4 Å². The Hall–Kier alpha value is -0.280. The van der Waals surface area contributed by atoms with Crippen LogP contribution in [0.25, 0.3) is 0 Å². The molecule has 1 amide bonds. The van der Waals surface area contributed by atoms with Gasteiger partial charge in [-0.05, 0) is 87.6 Å². The highest BCUT2D eigenvalue weighted by Crippen LogP contribution is 2.47. The van der Waals surface area contributed by atoms with E-state index in [2.05, 4.69) is 17.1 Å². The van der Waals surface area contributed by atoms with Gasteiger partial charge in [0.25, 0.3) is 0 Å². The van der Waals surface area contributed by atoms with Crippen LogP contribution in [0.3, 0.4) is 0 Å². The molecule has 3 nitrogen and oxygen atoms in total. The average Bonchev–Trinajstić information content (AvgIpc) is 2.72. The molecule has 0 radical (unpaired) electrons. The number of piperidine rings is 1. The van der Waals surface area contributed by atoms with Gasteiger partial charge in [-0.1, -0.05) is 6.92 Å². The van der Waals surface area contributed by atoms with Crippen LogP contribution in [0.15, 0.2) is 0 Å². The van der Waals surface area contributed by atoms with Crippen molar-refractivity contribution in [3.63, 3.8) is 0 Å². The minimum Gasteiger partial charge on any atom is -0.339 e. The van der Waals surface area contributed by atoms with E-state index in [1.807, 2.05) is 0 Å². The fraction of sp³-hybridized carbons (Fsp3) is 0.947. The number of nitrogens with one attached hydrogen (secondary N) is 1. The van der Waals surface area contributed by atoms with E-state index in [0.29, 0.717) is 17.9 Å². The molecule has 5 fully saturated rings. The highest BCUT2D eigenvalue weighted by molar-refractivity contribution is 5.85. The Labute approximate surface area is 147 Å². The van der Waals surface area contributed by atoms with Gasteiger partial charge in [0.05, 0.1) is 0 Å². The second kappa shape index (κ2) is 7.31. The molecular weight excluding hydrogens is 308 g/mol. The lowest BCUT2D eigenvalue weighted by atomic mass is 9.68. The number of hydrogen-bond acceptors (Lipinski definition) is 2. The minimum absolute atomic E-state index is 0. The Balaban J connectivity index is 0.00000156. The summed E-state index contributed by atoms with van der Waals surface area (Å²) in [5.74, 6) is 4.47. The molecule has 2 aliphatic carbocycles. The van der Waals surface area contributed by atoms with Crippen LogP contribution in [-0.2, 0) is 4.79 Å². The van der Waals surface area contributed by atoms with Crippen molar-refractivity contribution in [2.45, 2.75) is 64.3 Å². The van der Waals surface area contributed by atoms with E-state index in [0.717, 1.165) is 49.7 Å². The Kier molecular flexibility index (Phi) is 5.57. The quantitative estimate of drug-likeness (QED) is 0.853. The standard InChI is InChI=1S/C19H32N2O.ClH/c1-13(17-2-4-20-5-3-17)6-19(22)21-12-16-8-14-7-15(9-16)11-18(21)10-14;/h13-18,20H,2-12H2,1H3;1H. The number of hydrogen-bond donors (Lipinski definition) is 1. The smallest absolute Gasteiger partial charge is 0.223 e. The van der Waals surface area contributed by atoms with Gasteiger partial charge in [0.15, 0.2) is 0 Å². The summed E-state index contributed by atoms with van der Waals surface area (Å²) in [6.07, 6.45) is 10.2. The summed E-state index contributed by atoms with van der Waals surface area (Å²) < 4.78 is 0. The normalized spacial score (nSPS) is 38.0. The van der Waals surface area contributed by atoms with Gasteiger partial charge in [0.2, 0.25) is 5.91 Å². The predicted octanol–water partition coefficient (Wildman–Crippen LogP) is 3.47. The molecule has 4 heteroatoms. The Morgan fingerprint density at radius 3 is 2.30 bits per heavy atom. The Morgan fingerprint density at radius 2 is 1.65 bits per heavy atom. The van der Waals surface area contributed by atoms with Crippen molar-refractivity contribution in [2.24, 2.45) is 29.6 Å². The van der Waals surface area contributed by atoms with Crippen LogP contribution in [-0.4, -0.2) is 36.5 Å². The zero-order valence-electron chi connectivity index (χ0n) is 14.5. The fourth-order valence-corrected chi connectivity index (χ4v) is 6.06. The first-order valence-electron chi connectivity index (χ1n) is 9.69. The second-order valence-electron chi connectivity index (χ2n) is 8.75. The summed E-state index contributed by atoms with van der Waals surface area (Å²) >= 11 is 0. The Morgan fingerprint density at radius 1 is 1.04 bits per heavy atom. The molecular formula is C19H33ClN2O. The number of fused-ring (bicyclic) bond motifs is 1. The van der Waals surface area contributed by atoms with Gasteiger partial charge in [-0.3, -0.25) is 4.79 Å². The van der Waals surface area contributed by atoms with Crippen molar-refractivity contribution in [1.82, 2.24) is 10.2 Å². The summed E-state index contributed by atoms with van der Waals surface area (Å²) in [7, 11) is 0. The number of halogens is 1. The van der Waals surface area contributed by atoms with Gasteiger partial charge in [0, 0.05) is 19.0 Å². The van der Waals surface area contributed by atoms with E-state index >= 15 is 0 Å². The van der Waals surface area contributed by atoms with Gasteiger partial charge in [-0.15, -0.1) is 12.4 Å². The fourth-order valence-electron chi connectivity index (χ4n) is 6.06. The molecule has 3 atom stereocenters. The lowest BCUT2D eigenvalue weighted by Gasteiger charge is -2.39. The molecule has 23 heavy (non-hydrogen) atoms. The lowest BCUT2D eigenvalue weighted by Crippen LogP contribution is -2.43. The van der Waals surface area contributed by atoms with E-state index in [4.69, 9.17) is 0 Å². The Bertz CT molecular complexity index is 410. The predicted molar refractivity (Wildman–Crippen MR) is 95.7 cm³/mol. The van der Waals surface area contributed by atoms with Gasteiger partial charge >= 0.3 is 0 Å². The topological polar surface area (TPSA) is 32.3 Å². The summed E-state index contributed by atoms with van der Waals surface area (Å²) in [6.45, 7) is 5.67. The molecule has 0 aromatic heterocycles. The van der Waals surface area contributed by atoms with E-state index in [1.54, 1.807) is 0 Å². The summed E-state index contributed by atoms with van der Waals surface area (Å²) in [4.78, 5) is 15.3. The first kappa shape index (κ1) is 17.5.